The molecular weight excluding hydrogens is 336 g/mol. The van der Waals surface area contributed by atoms with Gasteiger partial charge < -0.3 is 19.5 Å². The summed E-state index contributed by atoms with van der Waals surface area (Å²) >= 11 is 0. The van der Waals surface area contributed by atoms with Gasteiger partial charge in [0.2, 0.25) is 5.91 Å². The Hall–Kier alpha value is -2.67. The van der Waals surface area contributed by atoms with Crippen molar-refractivity contribution in [2.24, 2.45) is 0 Å². The van der Waals surface area contributed by atoms with Crippen molar-refractivity contribution in [2.75, 3.05) is 13.1 Å². The number of nitrogens with zero attached hydrogens (tertiary/aromatic N) is 2. The van der Waals surface area contributed by atoms with E-state index in [0.29, 0.717) is 30.9 Å². The van der Waals surface area contributed by atoms with Crippen molar-refractivity contribution in [2.45, 2.75) is 37.7 Å². The molecule has 1 aliphatic heterocycles. The minimum atomic E-state index is -1.71. The van der Waals surface area contributed by atoms with Gasteiger partial charge in [0.05, 0.1) is 6.20 Å². The Kier molecular flexibility index (Phi) is 5.37. The minimum Gasteiger partial charge on any atom is -0.479 e. The Balaban J connectivity index is 1.45. The second-order valence-electron chi connectivity index (χ2n) is 6.56. The van der Waals surface area contributed by atoms with Gasteiger partial charge in [-0.15, -0.1) is 0 Å². The molecule has 7 heteroatoms. The highest BCUT2D eigenvalue weighted by atomic mass is 16.4. The molecule has 1 aliphatic rings. The zero-order valence-electron chi connectivity index (χ0n) is 14.4. The lowest BCUT2D eigenvalue weighted by molar-refractivity contribution is -0.165. The Labute approximate surface area is 151 Å². The molecule has 0 saturated carbocycles. The normalized spacial score (nSPS) is 16.4. The smallest absolute Gasteiger partial charge is 0.335 e. The number of aryl methyl sites for hydroxylation is 1. The highest BCUT2D eigenvalue weighted by Gasteiger charge is 2.40. The van der Waals surface area contributed by atoms with E-state index in [1.165, 1.54) is 0 Å². The molecule has 2 heterocycles. The first-order valence-corrected chi connectivity index (χ1v) is 8.72. The molecule has 2 aromatic rings. The SMILES string of the molecule is O=C(CCCc1ncc(-c2ccccc2)o1)N1CCC(O)(C(=O)O)CC1. The Morgan fingerprint density at radius 1 is 1.19 bits per heavy atom. The highest BCUT2D eigenvalue weighted by molar-refractivity contribution is 5.79. The van der Waals surface area contributed by atoms with E-state index in [1.807, 2.05) is 30.3 Å². The second-order valence-corrected chi connectivity index (χ2v) is 6.56. The molecule has 1 aromatic heterocycles. The van der Waals surface area contributed by atoms with E-state index < -0.39 is 11.6 Å². The number of carboxylic acids is 1. The van der Waals surface area contributed by atoms with Crippen LogP contribution in [0.4, 0.5) is 0 Å². The molecule has 1 amide bonds. The van der Waals surface area contributed by atoms with E-state index in [-0.39, 0.29) is 31.8 Å². The van der Waals surface area contributed by atoms with Crippen LogP contribution in [0.2, 0.25) is 0 Å². The van der Waals surface area contributed by atoms with Crippen LogP contribution in [0.5, 0.6) is 0 Å². The monoisotopic (exact) mass is 358 g/mol. The average Bonchev–Trinajstić information content (AvgIpc) is 3.12. The number of piperidine rings is 1. The fourth-order valence-corrected chi connectivity index (χ4v) is 3.05. The first-order valence-electron chi connectivity index (χ1n) is 8.72. The van der Waals surface area contributed by atoms with Crippen LogP contribution in [-0.4, -0.2) is 50.7 Å². The third-order valence-electron chi connectivity index (χ3n) is 4.73. The van der Waals surface area contributed by atoms with Crippen LogP contribution in [0.25, 0.3) is 11.3 Å². The van der Waals surface area contributed by atoms with Gasteiger partial charge in [-0.05, 0) is 6.42 Å². The quantitative estimate of drug-likeness (QED) is 0.819. The first kappa shape index (κ1) is 18.1. The number of likely N-dealkylation sites (tertiary alicyclic amines) is 1. The third-order valence-corrected chi connectivity index (χ3v) is 4.73. The predicted molar refractivity (Wildman–Crippen MR) is 93.3 cm³/mol. The third kappa shape index (κ3) is 4.11. The summed E-state index contributed by atoms with van der Waals surface area (Å²) in [4.78, 5) is 29.1. The van der Waals surface area contributed by atoms with Gasteiger partial charge >= 0.3 is 5.97 Å². The summed E-state index contributed by atoms with van der Waals surface area (Å²) in [6.45, 7) is 0.525. The molecule has 26 heavy (non-hydrogen) atoms. The number of aliphatic carboxylic acids is 1. The van der Waals surface area contributed by atoms with Crippen LogP contribution in [0, 0.1) is 0 Å². The van der Waals surface area contributed by atoms with E-state index in [0.717, 1.165) is 5.56 Å². The molecule has 1 fully saturated rings. The van der Waals surface area contributed by atoms with Crippen molar-refractivity contribution in [1.29, 1.82) is 0 Å². The number of aromatic nitrogens is 1. The summed E-state index contributed by atoms with van der Waals surface area (Å²) in [7, 11) is 0. The van der Waals surface area contributed by atoms with Gasteiger partial charge in [-0.25, -0.2) is 9.78 Å². The number of rotatable bonds is 6. The molecule has 3 rings (SSSR count). The Bertz CT molecular complexity index is 763. The van der Waals surface area contributed by atoms with Gasteiger partial charge in [0, 0.05) is 44.3 Å². The number of oxazole rings is 1. The standard InChI is InChI=1S/C19H22N2O5/c22-17(21-11-9-19(25,10-12-21)18(23)24)8-4-7-16-20-13-15(26-16)14-5-2-1-3-6-14/h1-3,5-6,13,25H,4,7-12H2,(H,23,24). The van der Waals surface area contributed by atoms with Crippen molar-refractivity contribution in [1.82, 2.24) is 9.88 Å². The van der Waals surface area contributed by atoms with Crippen molar-refractivity contribution in [3.8, 4) is 11.3 Å². The van der Waals surface area contributed by atoms with Crippen LogP contribution in [0.1, 0.15) is 31.6 Å². The molecule has 1 aromatic carbocycles. The predicted octanol–water partition coefficient (Wildman–Crippen LogP) is 2.10. The highest BCUT2D eigenvalue weighted by Crippen LogP contribution is 2.24. The maximum Gasteiger partial charge on any atom is 0.335 e. The van der Waals surface area contributed by atoms with Crippen LogP contribution >= 0.6 is 0 Å². The number of carbonyl (C=O) groups is 2. The van der Waals surface area contributed by atoms with E-state index in [9.17, 15) is 14.7 Å². The van der Waals surface area contributed by atoms with E-state index in [4.69, 9.17) is 9.52 Å². The number of aliphatic hydroxyl groups is 1. The van der Waals surface area contributed by atoms with E-state index in [1.54, 1.807) is 11.1 Å². The number of amides is 1. The van der Waals surface area contributed by atoms with Gasteiger partial charge in [0.25, 0.3) is 0 Å². The lowest BCUT2D eigenvalue weighted by atomic mass is 9.91. The zero-order chi connectivity index (χ0) is 18.6. The molecule has 7 nitrogen and oxygen atoms in total. The summed E-state index contributed by atoms with van der Waals surface area (Å²) in [5, 5.41) is 18.9. The number of hydrogen-bond acceptors (Lipinski definition) is 5. The molecule has 138 valence electrons. The van der Waals surface area contributed by atoms with Crippen molar-refractivity contribution in [3.63, 3.8) is 0 Å². The molecule has 0 aliphatic carbocycles. The number of carbonyl (C=O) groups excluding carboxylic acids is 1. The van der Waals surface area contributed by atoms with Crippen LogP contribution in [0.3, 0.4) is 0 Å². The number of hydrogen-bond donors (Lipinski definition) is 2. The second kappa shape index (κ2) is 7.70. The number of benzene rings is 1. The largest absolute Gasteiger partial charge is 0.479 e. The molecule has 0 spiro atoms. The van der Waals surface area contributed by atoms with E-state index in [2.05, 4.69) is 4.98 Å². The summed E-state index contributed by atoms with van der Waals surface area (Å²) in [6, 6.07) is 9.69. The summed E-state index contributed by atoms with van der Waals surface area (Å²) in [6.07, 6.45) is 3.32. The minimum absolute atomic E-state index is 0.0349. The Morgan fingerprint density at radius 3 is 2.54 bits per heavy atom. The van der Waals surface area contributed by atoms with Gasteiger partial charge in [0.15, 0.2) is 17.3 Å². The van der Waals surface area contributed by atoms with Crippen LogP contribution in [-0.2, 0) is 16.0 Å². The fraction of sp³-hybridized carbons (Fsp3) is 0.421. The average molecular weight is 358 g/mol. The first-order chi connectivity index (χ1) is 12.5. The summed E-state index contributed by atoms with van der Waals surface area (Å²) in [5.41, 5.74) is -0.746. The molecule has 0 bridgehead atoms. The summed E-state index contributed by atoms with van der Waals surface area (Å²) < 4.78 is 5.72. The molecule has 1 saturated heterocycles. The van der Waals surface area contributed by atoms with Gasteiger partial charge in [-0.2, -0.15) is 0 Å². The van der Waals surface area contributed by atoms with E-state index >= 15 is 0 Å². The topological polar surface area (TPSA) is 104 Å². The lowest BCUT2D eigenvalue weighted by Crippen LogP contribution is -2.50. The van der Waals surface area contributed by atoms with Crippen molar-refractivity contribution in [3.05, 3.63) is 42.4 Å². The van der Waals surface area contributed by atoms with Gasteiger partial charge in [0.1, 0.15) is 0 Å². The lowest BCUT2D eigenvalue weighted by Gasteiger charge is -2.35. The fourth-order valence-electron chi connectivity index (χ4n) is 3.05. The summed E-state index contributed by atoms with van der Waals surface area (Å²) in [5.74, 6) is 0.0430. The zero-order valence-corrected chi connectivity index (χ0v) is 14.4. The maximum absolute atomic E-state index is 12.2. The van der Waals surface area contributed by atoms with Crippen LogP contribution in [0.15, 0.2) is 40.9 Å². The number of carboxylic acid groups (broad SMARTS) is 1. The van der Waals surface area contributed by atoms with Crippen molar-refractivity contribution >= 4 is 11.9 Å². The van der Waals surface area contributed by atoms with Crippen molar-refractivity contribution < 1.29 is 24.2 Å². The Morgan fingerprint density at radius 2 is 1.88 bits per heavy atom. The molecule has 0 radical (unpaired) electrons. The molecule has 0 unspecified atom stereocenters. The van der Waals surface area contributed by atoms with Gasteiger partial charge in [-0.1, -0.05) is 30.3 Å². The van der Waals surface area contributed by atoms with Gasteiger partial charge in [-0.3, -0.25) is 4.79 Å². The molecular formula is C19H22N2O5. The van der Waals surface area contributed by atoms with Crippen LogP contribution < -0.4 is 0 Å². The molecule has 0 atom stereocenters. The maximum atomic E-state index is 12.2. The molecule has 2 N–H and O–H groups in total.